The Morgan fingerprint density at radius 3 is 1.73 bits per heavy atom. The molecule has 0 amide bonds. The van der Waals surface area contributed by atoms with Gasteiger partial charge in [0.1, 0.15) is 0 Å². The Kier molecular flexibility index (Phi) is 3.75. The maximum absolute atomic E-state index is 9.03. The van der Waals surface area contributed by atoms with Gasteiger partial charge in [0.05, 0.1) is 11.7 Å². The van der Waals surface area contributed by atoms with E-state index in [0.29, 0.717) is 5.56 Å². The fourth-order valence-electron chi connectivity index (χ4n) is 1.14. The van der Waals surface area contributed by atoms with Crippen molar-refractivity contribution in [1.82, 2.24) is 0 Å². The van der Waals surface area contributed by atoms with E-state index in [1.165, 1.54) is 0 Å². The molecule has 1 aromatic carbocycles. The number of benzene rings is 1. The van der Waals surface area contributed by atoms with E-state index in [-0.39, 0.29) is 0 Å². The van der Waals surface area contributed by atoms with Gasteiger partial charge in [0.25, 0.3) is 5.78 Å². The summed E-state index contributed by atoms with van der Waals surface area (Å²) in [6.45, 7) is 0. The zero-order valence-corrected chi connectivity index (χ0v) is 9.01. The lowest BCUT2D eigenvalue weighted by Gasteiger charge is -2.11. The Hall–Kier alpha value is -0.590. The second-order valence-corrected chi connectivity index (χ2v) is 5.18. The van der Waals surface area contributed by atoms with Gasteiger partial charge in [-0.2, -0.15) is 14.7 Å². The lowest BCUT2D eigenvalue weighted by Crippen LogP contribution is -2.54. The summed E-state index contributed by atoms with van der Waals surface area (Å²) in [5.74, 6) is -0.944. The molecule has 1 aromatic rings. The second-order valence-electron chi connectivity index (χ2n) is 3.32. The zero-order valence-electron chi connectivity index (χ0n) is 8.11. The van der Waals surface area contributed by atoms with Crippen LogP contribution < -0.4 is 17.2 Å². The van der Waals surface area contributed by atoms with Crippen LogP contribution in [0.4, 0.5) is 0 Å². The van der Waals surface area contributed by atoms with Crippen molar-refractivity contribution in [2.24, 2.45) is 11.5 Å². The first-order valence-electron chi connectivity index (χ1n) is 4.33. The molecule has 0 spiro atoms. The standard InChI is InChI=1S/C8H15N3O3P/c9-7(10)5-1-3-6(4-2-5)8(11)15(12,13)14/h1-4,7-8,12-14H,9-11H2/q+1/p+1/t8-/m1/s1. The van der Waals surface area contributed by atoms with Crippen LogP contribution in [0.3, 0.4) is 0 Å². The third-order valence-electron chi connectivity index (χ3n) is 2.12. The maximum atomic E-state index is 9.03. The second kappa shape index (κ2) is 4.51. The molecule has 7 heteroatoms. The first-order chi connectivity index (χ1) is 6.82. The molecule has 0 radical (unpaired) electrons. The molecular weight excluding hydrogens is 217 g/mol. The Morgan fingerprint density at radius 1 is 1.00 bits per heavy atom. The van der Waals surface area contributed by atoms with Crippen LogP contribution in [0.25, 0.3) is 0 Å². The lowest BCUT2D eigenvalue weighted by molar-refractivity contribution is -0.401. The van der Waals surface area contributed by atoms with Gasteiger partial charge in [-0.3, -0.25) is 0 Å². The van der Waals surface area contributed by atoms with Gasteiger partial charge in [-0.25, -0.2) is 0 Å². The summed E-state index contributed by atoms with van der Waals surface area (Å²) >= 11 is 0. The fraction of sp³-hybridized carbons (Fsp3) is 0.250. The van der Waals surface area contributed by atoms with E-state index in [2.05, 4.69) is 5.73 Å². The van der Waals surface area contributed by atoms with E-state index >= 15 is 0 Å². The van der Waals surface area contributed by atoms with Crippen LogP contribution in [-0.4, -0.2) is 14.7 Å². The molecule has 0 aliphatic carbocycles. The number of quaternary nitrogens is 1. The van der Waals surface area contributed by atoms with Crippen LogP contribution in [-0.2, 0) is 0 Å². The van der Waals surface area contributed by atoms with Crippen LogP contribution in [0.2, 0.25) is 0 Å². The normalized spacial score (nSPS) is 14.3. The van der Waals surface area contributed by atoms with E-state index < -0.39 is 19.9 Å². The molecule has 84 valence electrons. The van der Waals surface area contributed by atoms with Crippen molar-refractivity contribution in [1.29, 1.82) is 0 Å². The van der Waals surface area contributed by atoms with Gasteiger partial charge in [0.15, 0.2) is 0 Å². The molecule has 1 atom stereocenters. The lowest BCUT2D eigenvalue weighted by atomic mass is 10.1. The Labute approximate surface area is 87.9 Å². The molecular formula is C8H16N3O3P+2. The van der Waals surface area contributed by atoms with Gasteiger partial charge >= 0.3 is 7.94 Å². The Bertz CT molecular complexity index is 323. The summed E-state index contributed by atoms with van der Waals surface area (Å²) in [6.07, 6.45) is -0.570. The molecule has 15 heavy (non-hydrogen) atoms. The highest BCUT2D eigenvalue weighted by atomic mass is 31.2. The number of rotatable bonds is 3. The minimum Gasteiger partial charge on any atom is -0.313 e. The van der Waals surface area contributed by atoms with Crippen molar-refractivity contribution in [3.8, 4) is 0 Å². The largest absolute Gasteiger partial charge is 0.470 e. The van der Waals surface area contributed by atoms with Crippen LogP contribution >= 0.6 is 7.94 Å². The van der Waals surface area contributed by atoms with Gasteiger partial charge in [-0.15, -0.1) is 0 Å². The topological polar surface area (TPSA) is 140 Å². The molecule has 1 rings (SSSR count). The van der Waals surface area contributed by atoms with E-state index in [9.17, 15) is 0 Å². The Balaban J connectivity index is 2.89. The van der Waals surface area contributed by atoms with Crippen molar-refractivity contribution in [3.63, 3.8) is 0 Å². The first-order valence-corrected chi connectivity index (χ1v) is 6.05. The van der Waals surface area contributed by atoms with E-state index in [0.717, 1.165) is 5.56 Å². The molecule has 0 saturated heterocycles. The molecule has 0 aromatic heterocycles. The van der Waals surface area contributed by atoms with Crippen LogP contribution in [0.1, 0.15) is 23.1 Å². The fourth-order valence-corrected chi connectivity index (χ4v) is 1.71. The minimum atomic E-state index is -3.94. The smallest absolute Gasteiger partial charge is 0.313 e. The summed E-state index contributed by atoms with van der Waals surface area (Å²) in [5.41, 5.74) is 15.6. The summed E-state index contributed by atoms with van der Waals surface area (Å²) in [7, 11) is -3.94. The van der Waals surface area contributed by atoms with Gasteiger partial charge in [-0.1, -0.05) is 12.1 Å². The van der Waals surface area contributed by atoms with Crippen molar-refractivity contribution in [2.45, 2.75) is 11.9 Å². The van der Waals surface area contributed by atoms with Crippen molar-refractivity contribution in [2.75, 3.05) is 0 Å². The van der Waals surface area contributed by atoms with Crippen molar-refractivity contribution >= 4 is 7.94 Å². The van der Waals surface area contributed by atoms with Crippen molar-refractivity contribution < 1.29 is 20.4 Å². The highest BCUT2D eigenvalue weighted by Crippen LogP contribution is 2.54. The quantitative estimate of drug-likeness (QED) is 0.281. The average molecular weight is 233 g/mol. The van der Waals surface area contributed by atoms with Crippen LogP contribution in [0.5, 0.6) is 0 Å². The van der Waals surface area contributed by atoms with Gasteiger partial charge in [-0.05, 0) is 17.7 Å². The summed E-state index contributed by atoms with van der Waals surface area (Å²) in [4.78, 5) is 27.1. The predicted molar refractivity (Wildman–Crippen MR) is 56.8 cm³/mol. The average Bonchev–Trinajstić information content (AvgIpc) is 2.15. The van der Waals surface area contributed by atoms with E-state index in [1.807, 2.05) is 0 Å². The molecule has 0 bridgehead atoms. The molecule has 10 N–H and O–H groups in total. The Morgan fingerprint density at radius 2 is 1.40 bits per heavy atom. The first kappa shape index (κ1) is 12.5. The SMILES string of the molecule is NC(N)c1ccc([C@H]([NH3+])[P+](O)(O)O)cc1. The third-order valence-corrected chi connectivity index (χ3v) is 3.26. The summed E-state index contributed by atoms with van der Waals surface area (Å²) < 4.78 is 0. The molecule has 0 heterocycles. The molecule has 0 unspecified atom stereocenters. The highest BCUT2D eigenvalue weighted by molar-refractivity contribution is 7.58. The summed E-state index contributed by atoms with van der Waals surface area (Å²) in [6, 6.07) is 6.54. The minimum absolute atomic E-state index is 0.528. The van der Waals surface area contributed by atoms with Crippen LogP contribution in [0, 0.1) is 0 Å². The van der Waals surface area contributed by atoms with Crippen molar-refractivity contribution in [3.05, 3.63) is 35.4 Å². The molecule has 0 aliphatic rings. The summed E-state index contributed by atoms with van der Waals surface area (Å²) in [5, 5.41) is 0. The van der Waals surface area contributed by atoms with E-state index in [1.54, 1.807) is 24.3 Å². The molecule has 0 aliphatic heterocycles. The molecule has 0 fully saturated rings. The zero-order chi connectivity index (χ0) is 11.6. The number of hydrogen-bond acceptors (Lipinski definition) is 5. The molecule has 6 nitrogen and oxygen atoms in total. The number of nitrogens with two attached hydrogens (primary N) is 2. The number of hydrogen-bond donors (Lipinski definition) is 6. The van der Waals surface area contributed by atoms with Gasteiger partial charge in [0.2, 0.25) is 0 Å². The van der Waals surface area contributed by atoms with Gasteiger partial charge < -0.3 is 17.2 Å². The van der Waals surface area contributed by atoms with E-state index in [4.69, 9.17) is 26.1 Å². The predicted octanol–water partition coefficient (Wildman–Crippen LogP) is -1.42. The monoisotopic (exact) mass is 233 g/mol. The highest BCUT2D eigenvalue weighted by Gasteiger charge is 2.44. The third kappa shape index (κ3) is 3.19. The maximum Gasteiger partial charge on any atom is 0.470 e. The van der Waals surface area contributed by atoms with Crippen LogP contribution in [0.15, 0.2) is 24.3 Å². The molecule has 0 saturated carbocycles. The van der Waals surface area contributed by atoms with Gasteiger partial charge in [0, 0.05) is 0 Å².